The zero-order valence-electron chi connectivity index (χ0n) is 14.0. The first-order valence-electron chi connectivity index (χ1n) is 8.26. The SMILES string of the molecule is CCCC(C)(NC1CCC(C(C)(C)CC)CC1)C(=O)O. The highest BCUT2D eigenvalue weighted by Gasteiger charge is 2.37. The molecule has 20 heavy (non-hydrogen) atoms. The zero-order chi connectivity index (χ0) is 15.4. The fourth-order valence-corrected chi connectivity index (χ4v) is 3.50. The Hall–Kier alpha value is -0.570. The Morgan fingerprint density at radius 1 is 1.15 bits per heavy atom. The molecule has 1 aliphatic carbocycles. The van der Waals surface area contributed by atoms with Gasteiger partial charge in [0.15, 0.2) is 0 Å². The van der Waals surface area contributed by atoms with E-state index in [9.17, 15) is 9.90 Å². The van der Waals surface area contributed by atoms with Crippen molar-refractivity contribution < 1.29 is 9.90 Å². The largest absolute Gasteiger partial charge is 0.480 e. The van der Waals surface area contributed by atoms with Crippen LogP contribution < -0.4 is 5.32 Å². The smallest absolute Gasteiger partial charge is 0.323 e. The number of hydrogen-bond acceptors (Lipinski definition) is 2. The van der Waals surface area contributed by atoms with Gasteiger partial charge < -0.3 is 5.11 Å². The van der Waals surface area contributed by atoms with Gasteiger partial charge in [-0.05, 0) is 50.4 Å². The molecule has 3 heteroatoms. The molecule has 0 heterocycles. The van der Waals surface area contributed by atoms with Crippen LogP contribution in [0.5, 0.6) is 0 Å². The third-order valence-corrected chi connectivity index (χ3v) is 5.49. The van der Waals surface area contributed by atoms with Gasteiger partial charge in [-0.15, -0.1) is 0 Å². The first-order chi connectivity index (χ1) is 9.25. The van der Waals surface area contributed by atoms with Crippen LogP contribution in [0.15, 0.2) is 0 Å². The van der Waals surface area contributed by atoms with E-state index in [1.807, 2.05) is 13.8 Å². The molecule has 1 saturated carbocycles. The molecule has 0 amide bonds. The van der Waals surface area contributed by atoms with Crippen LogP contribution in [0.2, 0.25) is 0 Å². The van der Waals surface area contributed by atoms with E-state index in [2.05, 4.69) is 26.1 Å². The maximum atomic E-state index is 11.5. The van der Waals surface area contributed by atoms with Crippen LogP contribution in [-0.2, 0) is 4.79 Å². The van der Waals surface area contributed by atoms with Gasteiger partial charge >= 0.3 is 5.97 Å². The lowest BCUT2D eigenvalue weighted by Crippen LogP contribution is -2.54. The summed E-state index contributed by atoms with van der Waals surface area (Å²) in [5.74, 6) is 0.0724. The number of nitrogens with one attached hydrogen (secondary N) is 1. The third-order valence-electron chi connectivity index (χ3n) is 5.49. The van der Waals surface area contributed by atoms with Gasteiger partial charge in [0.1, 0.15) is 5.54 Å². The van der Waals surface area contributed by atoms with Crippen molar-refractivity contribution in [3.63, 3.8) is 0 Å². The molecule has 0 aromatic carbocycles. The fraction of sp³-hybridized carbons (Fsp3) is 0.941. The van der Waals surface area contributed by atoms with E-state index >= 15 is 0 Å². The lowest BCUT2D eigenvalue weighted by molar-refractivity contribution is -0.145. The molecule has 0 aromatic heterocycles. The van der Waals surface area contributed by atoms with Crippen molar-refractivity contribution >= 4 is 5.97 Å². The van der Waals surface area contributed by atoms with E-state index in [4.69, 9.17) is 0 Å². The van der Waals surface area contributed by atoms with Crippen molar-refractivity contribution in [1.29, 1.82) is 0 Å². The van der Waals surface area contributed by atoms with E-state index in [1.165, 1.54) is 19.3 Å². The van der Waals surface area contributed by atoms with Crippen LogP contribution in [-0.4, -0.2) is 22.7 Å². The molecule has 0 aromatic rings. The molecule has 1 rings (SSSR count). The molecule has 0 radical (unpaired) electrons. The predicted octanol–water partition coefficient (Wildman–Crippen LogP) is 4.21. The topological polar surface area (TPSA) is 49.3 Å². The first-order valence-corrected chi connectivity index (χ1v) is 8.26. The molecule has 1 atom stereocenters. The van der Waals surface area contributed by atoms with Gasteiger partial charge in [0.2, 0.25) is 0 Å². The molecule has 3 nitrogen and oxygen atoms in total. The molecular weight excluding hydrogens is 250 g/mol. The van der Waals surface area contributed by atoms with E-state index in [1.54, 1.807) is 0 Å². The molecule has 1 aliphatic rings. The maximum absolute atomic E-state index is 11.5. The average molecular weight is 283 g/mol. The molecule has 1 unspecified atom stereocenters. The minimum Gasteiger partial charge on any atom is -0.480 e. The average Bonchev–Trinajstić information content (AvgIpc) is 2.39. The number of rotatable bonds is 7. The minimum atomic E-state index is -0.757. The van der Waals surface area contributed by atoms with Gasteiger partial charge in [0.05, 0.1) is 0 Å². The Labute approximate surface area is 124 Å². The molecule has 0 spiro atoms. The summed E-state index contributed by atoms with van der Waals surface area (Å²) in [6.45, 7) is 10.9. The fourth-order valence-electron chi connectivity index (χ4n) is 3.50. The molecule has 0 bridgehead atoms. The Bertz CT molecular complexity index is 319. The van der Waals surface area contributed by atoms with Crippen molar-refractivity contribution in [2.24, 2.45) is 11.3 Å². The molecule has 0 saturated heterocycles. The third kappa shape index (κ3) is 4.21. The van der Waals surface area contributed by atoms with Crippen LogP contribution in [0.25, 0.3) is 0 Å². The molecular formula is C17H33NO2. The van der Waals surface area contributed by atoms with E-state index < -0.39 is 11.5 Å². The molecule has 0 aliphatic heterocycles. The lowest BCUT2D eigenvalue weighted by atomic mass is 9.68. The highest BCUT2D eigenvalue weighted by Crippen LogP contribution is 2.40. The summed E-state index contributed by atoms with van der Waals surface area (Å²) in [5.41, 5.74) is -0.336. The standard InChI is InChI=1S/C17H33NO2/c1-6-12-17(5,15(19)20)18-14-10-8-13(9-11-14)16(3,4)7-2/h13-14,18H,6-12H2,1-5H3,(H,19,20). The number of carboxylic acids is 1. The van der Waals surface area contributed by atoms with Crippen molar-refractivity contribution in [2.75, 3.05) is 0 Å². The normalized spacial score (nSPS) is 27.1. The van der Waals surface area contributed by atoms with Crippen molar-refractivity contribution in [3.05, 3.63) is 0 Å². The second-order valence-corrected chi connectivity index (χ2v) is 7.42. The van der Waals surface area contributed by atoms with Crippen LogP contribution in [0.4, 0.5) is 0 Å². The summed E-state index contributed by atoms with van der Waals surface area (Å²) < 4.78 is 0. The van der Waals surface area contributed by atoms with Crippen LogP contribution in [0, 0.1) is 11.3 Å². The predicted molar refractivity (Wildman–Crippen MR) is 83.9 cm³/mol. The Morgan fingerprint density at radius 2 is 1.70 bits per heavy atom. The summed E-state index contributed by atoms with van der Waals surface area (Å²) in [7, 11) is 0. The van der Waals surface area contributed by atoms with E-state index in [0.717, 1.165) is 25.2 Å². The van der Waals surface area contributed by atoms with Crippen LogP contribution >= 0.6 is 0 Å². The lowest BCUT2D eigenvalue weighted by Gasteiger charge is -2.41. The van der Waals surface area contributed by atoms with Gasteiger partial charge in [-0.3, -0.25) is 10.1 Å². The van der Waals surface area contributed by atoms with E-state index in [-0.39, 0.29) is 0 Å². The van der Waals surface area contributed by atoms with Gasteiger partial charge in [0.25, 0.3) is 0 Å². The number of carbonyl (C=O) groups is 1. The van der Waals surface area contributed by atoms with E-state index in [0.29, 0.717) is 17.9 Å². The van der Waals surface area contributed by atoms with Gasteiger partial charge in [-0.2, -0.15) is 0 Å². The maximum Gasteiger partial charge on any atom is 0.323 e. The Morgan fingerprint density at radius 3 is 2.10 bits per heavy atom. The van der Waals surface area contributed by atoms with Gasteiger partial charge in [0, 0.05) is 6.04 Å². The molecule has 1 fully saturated rings. The molecule has 2 N–H and O–H groups in total. The van der Waals surface area contributed by atoms with Gasteiger partial charge in [-0.1, -0.05) is 40.5 Å². The van der Waals surface area contributed by atoms with Crippen molar-refractivity contribution in [1.82, 2.24) is 5.32 Å². The van der Waals surface area contributed by atoms with Crippen LogP contribution in [0.1, 0.15) is 79.6 Å². The molecule has 118 valence electrons. The van der Waals surface area contributed by atoms with Crippen molar-refractivity contribution in [3.8, 4) is 0 Å². The Balaban J connectivity index is 2.55. The first kappa shape index (κ1) is 17.5. The monoisotopic (exact) mass is 283 g/mol. The highest BCUT2D eigenvalue weighted by molar-refractivity contribution is 5.78. The van der Waals surface area contributed by atoms with Crippen molar-refractivity contribution in [2.45, 2.75) is 91.1 Å². The number of aliphatic carboxylic acids is 1. The highest BCUT2D eigenvalue weighted by atomic mass is 16.4. The summed E-state index contributed by atoms with van der Waals surface area (Å²) in [4.78, 5) is 11.5. The van der Waals surface area contributed by atoms with Gasteiger partial charge in [-0.25, -0.2) is 0 Å². The second-order valence-electron chi connectivity index (χ2n) is 7.42. The number of hydrogen-bond donors (Lipinski definition) is 2. The van der Waals surface area contributed by atoms with Crippen LogP contribution in [0.3, 0.4) is 0 Å². The summed E-state index contributed by atoms with van der Waals surface area (Å²) in [6.07, 6.45) is 7.48. The second kappa shape index (κ2) is 6.93. The summed E-state index contributed by atoms with van der Waals surface area (Å²) in [6, 6.07) is 0.367. The zero-order valence-corrected chi connectivity index (χ0v) is 14.0. The number of carboxylic acid groups (broad SMARTS) is 1. The summed E-state index contributed by atoms with van der Waals surface area (Å²) in [5, 5.41) is 12.9. The summed E-state index contributed by atoms with van der Waals surface area (Å²) >= 11 is 0. The minimum absolute atomic E-state index is 0.367. The Kier molecular flexibility index (Phi) is 6.06. The quantitative estimate of drug-likeness (QED) is 0.735.